The van der Waals surface area contributed by atoms with Crippen LogP contribution in [-0.4, -0.2) is 32.0 Å². The molecular formula is C11H24N2O2. The van der Waals surface area contributed by atoms with Crippen molar-refractivity contribution in [2.24, 2.45) is 5.84 Å². The van der Waals surface area contributed by atoms with Gasteiger partial charge in [0.2, 0.25) is 0 Å². The summed E-state index contributed by atoms with van der Waals surface area (Å²) in [5.41, 5.74) is 2.74. The molecule has 4 heteroatoms. The fraction of sp³-hybridized carbons (Fsp3) is 1.00. The van der Waals surface area contributed by atoms with Crippen LogP contribution in [0.4, 0.5) is 0 Å². The van der Waals surface area contributed by atoms with Crippen LogP contribution in [0.25, 0.3) is 0 Å². The van der Waals surface area contributed by atoms with E-state index in [0.29, 0.717) is 6.61 Å². The van der Waals surface area contributed by atoms with Crippen molar-refractivity contribution >= 4 is 0 Å². The van der Waals surface area contributed by atoms with Gasteiger partial charge in [-0.25, -0.2) is 0 Å². The van der Waals surface area contributed by atoms with Gasteiger partial charge in [0.25, 0.3) is 0 Å². The zero-order valence-corrected chi connectivity index (χ0v) is 9.92. The maximum Gasteiger partial charge on any atom is 0.0866 e. The van der Waals surface area contributed by atoms with Crippen LogP contribution >= 0.6 is 0 Å². The van der Waals surface area contributed by atoms with E-state index in [0.717, 1.165) is 25.9 Å². The zero-order valence-electron chi connectivity index (χ0n) is 9.92. The molecule has 1 saturated carbocycles. The molecule has 1 fully saturated rings. The molecule has 90 valence electrons. The van der Waals surface area contributed by atoms with E-state index in [1.165, 1.54) is 12.8 Å². The Morgan fingerprint density at radius 3 is 2.53 bits per heavy atom. The van der Waals surface area contributed by atoms with Gasteiger partial charge in [-0.2, -0.15) is 0 Å². The van der Waals surface area contributed by atoms with Gasteiger partial charge in [0.15, 0.2) is 0 Å². The minimum absolute atomic E-state index is 0.108. The van der Waals surface area contributed by atoms with Crippen molar-refractivity contribution in [2.45, 2.75) is 50.7 Å². The van der Waals surface area contributed by atoms with Crippen LogP contribution in [0.5, 0.6) is 0 Å². The van der Waals surface area contributed by atoms with E-state index in [4.69, 9.17) is 15.3 Å². The summed E-state index contributed by atoms with van der Waals surface area (Å²) >= 11 is 0. The molecule has 0 aliphatic heterocycles. The predicted molar refractivity (Wildman–Crippen MR) is 60.4 cm³/mol. The summed E-state index contributed by atoms with van der Waals surface area (Å²) in [5.74, 6) is 5.59. The highest BCUT2D eigenvalue weighted by Gasteiger charge is 2.41. The third-order valence-electron chi connectivity index (χ3n) is 3.33. The van der Waals surface area contributed by atoms with Gasteiger partial charge in [0.05, 0.1) is 18.2 Å². The van der Waals surface area contributed by atoms with Gasteiger partial charge in [0, 0.05) is 13.7 Å². The normalized spacial score (nSPS) is 21.8. The maximum absolute atomic E-state index is 5.66. The summed E-state index contributed by atoms with van der Waals surface area (Å²) in [4.78, 5) is 0. The summed E-state index contributed by atoms with van der Waals surface area (Å²) in [6.07, 6.45) is 5.64. The van der Waals surface area contributed by atoms with Crippen LogP contribution in [-0.2, 0) is 9.47 Å². The Morgan fingerprint density at radius 2 is 2.07 bits per heavy atom. The molecule has 1 atom stereocenters. The number of nitrogens with one attached hydrogen (secondary N) is 1. The Morgan fingerprint density at radius 1 is 1.40 bits per heavy atom. The number of hydrogen-bond donors (Lipinski definition) is 2. The predicted octanol–water partition coefficient (Wildman–Crippen LogP) is 1.20. The Kier molecular flexibility index (Phi) is 5.53. The second-order valence-corrected chi connectivity index (χ2v) is 4.27. The molecule has 4 nitrogen and oxygen atoms in total. The lowest BCUT2D eigenvalue weighted by Gasteiger charge is -2.35. The number of rotatable bonds is 7. The molecule has 1 rings (SSSR count). The first-order valence-electron chi connectivity index (χ1n) is 5.88. The van der Waals surface area contributed by atoms with Crippen molar-refractivity contribution in [3.63, 3.8) is 0 Å². The van der Waals surface area contributed by atoms with E-state index in [2.05, 4.69) is 12.3 Å². The van der Waals surface area contributed by atoms with Crippen molar-refractivity contribution in [1.29, 1.82) is 0 Å². The third-order valence-corrected chi connectivity index (χ3v) is 3.33. The monoisotopic (exact) mass is 216 g/mol. The highest BCUT2D eigenvalue weighted by molar-refractivity contribution is 4.96. The van der Waals surface area contributed by atoms with E-state index in [1.807, 2.05) is 0 Å². The number of hydrazine groups is 1. The molecular weight excluding hydrogens is 192 g/mol. The lowest BCUT2D eigenvalue weighted by molar-refractivity contribution is -0.0597. The zero-order chi connectivity index (χ0) is 11.1. The molecule has 0 saturated heterocycles. The molecule has 1 unspecified atom stereocenters. The lowest BCUT2D eigenvalue weighted by Crippen LogP contribution is -2.55. The fourth-order valence-electron chi connectivity index (χ4n) is 2.37. The quantitative estimate of drug-likeness (QED) is 0.381. The number of ether oxygens (including phenoxy) is 2. The van der Waals surface area contributed by atoms with E-state index in [-0.39, 0.29) is 11.6 Å². The Hall–Kier alpha value is -0.160. The Labute approximate surface area is 92.5 Å². The van der Waals surface area contributed by atoms with Crippen LogP contribution in [0, 0.1) is 0 Å². The van der Waals surface area contributed by atoms with E-state index < -0.39 is 0 Å². The SMILES string of the molecule is CCCOCC(NN)C1(OC)CCCC1. The molecule has 0 bridgehead atoms. The molecule has 0 aromatic carbocycles. The summed E-state index contributed by atoms with van der Waals surface area (Å²) in [6, 6.07) is 0.108. The molecule has 0 radical (unpaired) electrons. The standard InChI is InChI=1S/C11H24N2O2/c1-3-8-15-9-10(13-12)11(14-2)6-4-5-7-11/h10,13H,3-9,12H2,1-2H3. The average molecular weight is 216 g/mol. The van der Waals surface area contributed by atoms with Crippen LogP contribution < -0.4 is 11.3 Å². The molecule has 15 heavy (non-hydrogen) atoms. The first kappa shape index (κ1) is 12.9. The van der Waals surface area contributed by atoms with Gasteiger partial charge in [-0.05, 0) is 19.3 Å². The Balaban J connectivity index is 2.46. The van der Waals surface area contributed by atoms with Crippen LogP contribution in [0.2, 0.25) is 0 Å². The van der Waals surface area contributed by atoms with Crippen LogP contribution in [0.15, 0.2) is 0 Å². The molecule has 0 heterocycles. The minimum Gasteiger partial charge on any atom is -0.380 e. The van der Waals surface area contributed by atoms with Gasteiger partial charge < -0.3 is 9.47 Å². The lowest BCUT2D eigenvalue weighted by atomic mass is 9.93. The van der Waals surface area contributed by atoms with E-state index in [9.17, 15) is 0 Å². The number of hydrogen-bond acceptors (Lipinski definition) is 4. The number of methoxy groups -OCH3 is 1. The molecule has 3 N–H and O–H groups in total. The minimum atomic E-state index is -0.109. The highest BCUT2D eigenvalue weighted by atomic mass is 16.5. The van der Waals surface area contributed by atoms with Gasteiger partial charge in [-0.3, -0.25) is 11.3 Å². The van der Waals surface area contributed by atoms with Crippen LogP contribution in [0.3, 0.4) is 0 Å². The topological polar surface area (TPSA) is 56.5 Å². The summed E-state index contributed by atoms with van der Waals surface area (Å²) in [5, 5.41) is 0. The molecule has 1 aliphatic rings. The summed E-state index contributed by atoms with van der Waals surface area (Å²) < 4.78 is 11.2. The number of nitrogens with two attached hydrogens (primary N) is 1. The molecule has 1 aliphatic carbocycles. The molecule has 0 amide bonds. The third kappa shape index (κ3) is 3.14. The van der Waals surface area contributed by atoms with Crippen molar-refractivity contribution in [3.05, 3.63) is 0 Å². The second-order valence-electron chi connectivity index (χ2n) is 4.27. The largest absolute Gasteiger partial charge is 0.380 e. The second kappa shape index (κ2) is 6.43. The highest BCUT2D eigenvalue weighted by Crippen LogP contribution is 2.35. The first-order chi connectivity index (χ1) is 7.29. The van der Waals surface area contributed by atoms with Crippen molar-refractivity contribution < 1.29 is 9.47 Å². The first-order valence-corrected chi connectivity index (χ1v) is 5.88. The van der Waals surface area contributed by atoms with E-state index >= 15 is 0 Å². The average Bonchev–Trinajstić information content (AvgIpc) is 2.74. The summed E-state index contributed by atoms with van der Waals surface area (Å²) in [7, 11) is 1.77. The smallest absolute Gasteiger partial charge is 0.0866 e. The molecule has 0 aromatic rings. The van der Waals surface area contributed by atoms with Gasteiger partial charge in [0.1, 0.15) is 0 Å². The van der Waals surface area contributed by atoms with Crippen LogP contribution in [0.1, 0.15) is 39.0 Å². The van der Waals surface area contributed by atoms with Gasteiger partial charge >= 0.3 is 0 Å². The molecule has 0 spiro atoms. The van der Waals surface area contributed by atoms with Crippen molar-refractivity contribution in [1.82, 2.24) is 5.43 Å². The molecule has 0 aromatic heterocycles. The summed E-state index contributed by atoms with van der Waals surface area (Å²) in [6.45, 7) is 3.53. The Bertz CT molecular complexity index is 170. The van der Waals surface area contributed by atoms with Crippen molar-refractivity contribution in [2.75, 3.05) is 20.3 Å². The van der Waals surface area contributed by atoms with Crippen molar-refractivity contribution in [3.8, 4) is 0 Å². The van der Waals surface area contributed by atoms with E-state index in [1.54, 1.807) is 7.11 Å². The maximum atomic E-state index is 5.66. The van der Waals surface area contributed by atoms with Gasteiger partial charge in [-0.15, -0.1) is 0 Å². The van der Waals surface area contributed by atoms with Gasteiger partial charge in [-0.1, -0.05) is 19.8 Å². The fourth-order valence-corrected chi connectivity index (χ4v) is 2.37.